The van der Waals surface area contributed by atoms with Gasteiger partial charge in [0.25, 0.3) is 5.91 Å². The van der Waals surface area contributed by atoms with Crippen LogP contribution in [0, 0.1) is 6.92 Å². The van der Waals surface area contributed by atoms with Crippen LogP contribution in [0.4, 0.5) is 0 Å². The summed E-state index contributed by atoms with van der Waals surface area (Å²) >= 11 is 7.42. The highest BCUT2D eigenvalue weighted by atomic mass is 35.5. The molecule has 3 rings (SSSR count). The number of carbonyl (C=O) groups excluding carboxylic acids is 1. The Bertz CT molecular complexity index is 816. The number of rotatable bonds is 3. The van der Waals surface area contributed by atoms with E-state index >= 15 is 0 Å². The molecule has 1 amide bonds. The van der Waals surface area contributed by atoms with Crippen LogP contribution in [-0.4, -0.2) is 15.9 Å². The number of pyridine rings is 1. The number of hydrogen-bond acceptors (Lipinski definition) is 4. The van der Waals surface area contributed by atoms with Crippen LogP contribution in [-0.2, 0) is 6.54 Å². The quantitative estimate of drug-likeness (QED) is 0.751. The average molecular weight is 318 g/mol. The minimum Gasteiger partial charge on any atom is -0.347 e. The fourth-order valence-electron chi connectivity index (χ4n) is 2.00. The largest absolute Gasteiger partial charge is 0.347 e. The third-order valence-corrected chi connectivity index (χ3v) is 4.13. The number of nitrogens with zero attached hydrogens (tertiary/aromatic N) is 2. The van der Waals surface area contributed by atoms with E-state index in [0.717, 1.165) is 20.8 Å². The van der Waals surface area contributed by atoms with Gasteiger partial charge in [-0.05, 0) is 37.3 Å². The first kappa shape index (κ1) is 14.0. The molecule has 1 aromatic carbocycles. The molecule has 0 saturated carbocycles. The zero-order chi connectivity index (χ0) is 14.8. The molecule has 0 saturated heterocycles. The molecule has 6 heteroatoms. The first-order chi connectivity index (χ1) is 10.1. The fraction of sp³-hybridized carbons (Fsp3) is 0.133. The maximum Gasteiger partial charge on any atom is 0.251 e. The van der Waals surface area contributed by atoms with Crippen molar-refractivity contribution in [3.05, 3.63) is 57.1 Å². The van der Waals surface area contributed by atoms with Crippen molar-refractivity contribution in [2.45, 2.75) is 13.5 Å². The van der Waals surface area contributed by atoms with Crippen LogP contribution in [0.15, 0.2) is 36.5 Å². The standard InChI is InChI=1S/C15H12ClN3OS/c1-9-17-7-12(21-9)8-18-15(20)11-2-4-13-10(6-11)3-5-14(16)19-13/h2-7H,8H2,1H3,(H,18,20). The Morgan fingerprint density at radius 3 is 2.95 bits per heavy atom. The SMILES string of the molecule is Cc1ncc(CNC(=O)c2ccc3nc(Cl)ccc3c2)s1. The zero-order valence-electron chi connectivity index (χ0n) is 11.3. The smallest absolute Gasteiger partial charge is 0.251 e. The minimum atomic E-state index is -0.113. The van der Waals surface area contributed by atoms with Gasteiger partial charge in [-0.3, -0.25) is 4.79 Å². The Labute approximate surface area is 130 Å². The molecule has 0 bridgehead atoms. The molecule has 2 aromatic heterocycles. The van der Waals surface area contributed by atoms with E-state index in [1.165, 1.54) is 0 Å². The number of aryl methyl sites for hydroxylation is 1. The highest BCUT2D eigenvalue weighted by Gasteiger charge is 2.08. The lowest BCUT2D eigenvalue weighted by Gasteiger charge is -2.05. The number of fused-ring (bicyclic) bond motifs is 1. The Morgan fingerprint density at radius 1 is 1.33 bits per heavy atom. The molecule has 3 aromatic rings. The molecule has 0 unspecified atom stereocenters. The summed E-state index contributed by atoms with van der Waals surface area (Å²) in [7, 11) is 0. The predicted octanol–water partition coefficient (Wildman–Crippen LogP) is 3.58. The molecule has 0 aliphatic heterocycles. The summed E-state index contributed by atoms with van der Waals surface area (Å²) in [6, 6.07) is 8.93. The monoisotopic (exact) mass is 317 g/mol. The van der Waals surface area contributed by atoms with Gasteiger partial charge in [0.15, 0.2) is 0 Å². The third kappa shape index (κ3) is 3.20. The van der Waals surface area contributed by atoms with Gasteiger partial charge >= 0.3 is 0 Å². The van der Waals surface area contributed by atoms with Crippen molar-refractivity contribution in [2.75, 3.05) is 0 Å². The second-order valence-corrected chi connectivity index (χ2v) is 6.28. The van der Waals surface area contributed by atoms with Crippen LogP contribution in [0.5, 0.6) is 0 Å². The number of nitrogens with one attached hydrogen (secondary N) is 1. The van der Waals surface area contributed by atoms with Crippen LogP contribution in [0.1, 0.15) is 20.2 Å². The number of benzene rings is 1. The van der Waals surface area contributed by atoms with Crippen molar-refractivity contribution >= 4 is 39.7 Å². The summed E-state index contributed by atoms with van der Waals surface area (Å²) in [5.41, 5.74) is 1.38. The second-order valence-electron chi connectivity index (χ2n) is 4.57. The van der Waals surface area contributed by atoms with Crippen LogP contribution < -0.4 is 5.32 Å². The molecular formula is C15H12ClN3OS. The van der Waals surface area contributed by atoms with Gasteiger partial charge in [-0.1, -0.05) is 11.6 Å². The summed E-state index contributed by atoms with van der Waals surface area (Å²) in [5.74, 6) is -0.113. The van der Waals surface area contributed by atoms with Crippen molar-refractivity contribution in [2.24, 2.45) is 0 Å². The molecule has 2 heterocycles. The topological polar surface area (TPSA) is 54.9 Å². The molecule has 0 fully saturated rings. The first-order valence-corrected chi connectivity index (χ1v) is 7.57. The Kier molecular flexibility index (Phi) is 3.86. The van der Waals surface area contributed by atoms with Crippen molar-refractivity contribution in [1.82, 2.24) is 15.3 Å². The highest BCUT2D eigenvalue weighted by Crippen LogP contribution is 2.17. The molecule has 21 heavy (non-hydrogen) atoms. The van der Waals surface area contributed by atoms with E-state index in [4.69, 9.17) is 11.6 Å². The molecule has 0 atom stereocenters. The molecule has 0 aliphatic rings. The van der Waals surface area contributed by atoms with Crippen molar-refractivity contribution in [1.29, 1.82) is 0 Å². The molecule has 106 valence electrons. The number of carbonyl (C=O) groups is 1. The lowest BCUT2D eigenvalue weighted by molar-refractivity contribution is 0.0951. The van der Waals surface area contributed by atoms with E-state index in [2.05, 4.69) is 15.3 Å². The molecule has 0 aliphatic carbocycles. The number of aromatic nitrogens is 2. The van der Waals surface area contributed by atoms with E-state index in [1.807, 2.05) is 19.1 Å². The average Bonchev–Trinajstić information content (AvgIpc) is 2.90. The summed E-state index contributed by atoms with van der Waals surface area (Å²) < 4.78 is 0. The number of halogens is 1. The normalized spacial score (nSPS) is 10.8. The molecule has 1 N–H and O–H groups in total. The van der Waals surface area contributed by atoms with Gasteiger partial charge in [-0.15, -0.1) is 11.3 Å². The van der Waals surface area contributed by atoms with E-state index < -0.39 is 0 Å². The fourth-order valence-corrected chi connectivity index (χ4v) is 2.89. The van der Waals surface area contributed by atoms with E-state index in [0.29, 0.717) is 17.3 Å². The Balaban J connectivity index is 1.76. The predicted molar refractivity (Wildman–Crippen MR) is 84.8 cm³/mol. The van der Waals surface area contributed by atoms with Gasteiger partial charge < -0.3 is 5.32 Å². The lowest BCUT2D eigenvalue weighted by Crippen LogP contribution is -2.22. The van der Waals surface area contributed by atoms with Crippen LogP contribution >= 0.6 is 22.9 Å². The maximum absolute atomic E-state index is 12.2. The second kappa shape index (κ2) is 5.79. The Morgan fingerprint density at radius 2 is 2.19 bits per heavy atom. The summed E-state index contributed by atoms with van der Waals surface area (Å²) in [6.07, 6.45) is 1.78. The van der Waals surface area contributed by atoms with Crippen LogP contribution in [0.25, 0.3) is 10.9 Å². The lowest BCUT2D eigenvalue weighted by atomic mass is 10.1. The van der Waals surface area contributed by atoms with Crippen molar-refractivity contribution in [3.63, 3.8) is 0 Å². The number of thiazole rings is 1. The van der Waals surface area contributed by atoms with E-state index in [1.54, 1.807) is 35.7 Å². The van der Waals surface area contributed by atoms with Gasteiger partial charge in [-0.25, -0.2) is 9.97 Å². The molecule has 4 nitrogen and oxygen atoms in total. The van der Waals surface area contributed by atoms with E-state index in [-0.39, 0.29) is 5.91 Å². The van der Waals surface area contributed by atoms with Crippen LogP contribution in [0.3, 0.4) is 0 Å². The molecule has 0 radical (unpaired) electrons. The Hall–Kier alpha value is -1.98. The van der Waals surface area contributed by atoms with Gasteiger partial charge in [-0.2, -0.15) is 0 Å². The number of amides is 1. The van der Waals surface area contributed by atoms with Gasteiger partial charge in [0.1, 0.15) is 5.15 Å². The molecular weight excluding hydrogens is 306 g/mol. The highest BCUT2D eigenvalue weighted by molar-refractivity contribution is 7.11. The first-order valence-electron chi connectivity index (χ1n) is 6.37. The van der Waals surface area contributed by atoms with Gasteiger partial charge in [0, 0.05) is 22.0 Å². The zero-order valence-corrected chi connectivity index (χ0v) is 12.8. The van der Waals surface area contributed by atoms with Crippen molar-refractivity contribution < 1.29 is 4.79 Å². The van der Waals surface area contributed by atoms with Crippen molar-refractivity contribution in [3.8, 4) is 0 Å². The third-order valence-electron chi connectivity index (χ3n) is 3.01. The summed E-state index contributed by atoms with van der Waals surface area (Å²) in [6.45, 7) is 2.43. The summed E-state index contributed by atoms with van der Waals surface area (Å²) in [5, 5.41) is 5.22. The van der Waals surface area contributed by atoms with E-state index in [9.17, 15) is 4.79 Å². The van der Waals surface area contributed by atoms with Gasteiger partial charge in [0.2, 0.25) is 0 Å². The minimum absolute atomic E-state index is 0.113. The number of hydrogen-bond donors (Lipinski definition) is 1. The maximum atomic E-state index is 12.2. The van der Waals surface area contributed by atoms with Crippen LogP contribution in [0.2, 0.25) is 5.15 Å². The van der Waals surface area contributed by atoms with Gasteiger partial charge in [0.05, 0.1) is 17.1 Å². The molecule has 0 spiro atoms. The summed E-state index contributed by atoms with van der Waals surface area (Å²) in [4.78, 5) is 21.6.